The predicted molar refractivity (Wildman–Crippen MR) is 141 cm³/mol. The molecule has 1 aliphatic heterocycles. The smallest absolute Gasteiger partial charge is 0.323 e. The number of amides is 1. The number of alkyl halides is 3. The van der Waals surface area contributed by atoms with Gasteiger partial charge in [-0.15, -0.1) is 0 Å². The molecule has 3 aromatic carbocycles. The molecular formula is C31H32F4N2O. The van der Waals surface area contributed by atoms with Crippen molar-refractivity contribution in [2.75, 3.05) is 18.4 Å². The van der Waals surface area contributed by atoms with E-state index in [1.165, 1.54) is 16.7 Å². The van der Waals surface area contributed by atoms with E-state index in [0.29, 0.717) is 24.8 Å². The summed E-state index contributed by atoms with van der Waals surface area (Å²) in [5.74, 6) is -0.958. The first-order chi connectivity index (χ1) is 18.3. The lowest BCUT2D eigenvalue weighted by molar-refractivity contribution is -0.137. The predicted octanol–water partition coefficient (Wildman–Crippen LogP) is 7.89. The molecule has 1 amide bonds. The molecule has 1 saturated heterocycles. The van der Waals surface area contributed by atoms with Gasteiger partial charge in [0.2, 0.25) is 5.91 Å². The second-order valence-electron chi connectivity index (χ2n) is 10.5. The maximum absolute atomic E-state index is 14.2. The van der Waals surface area contributed by atoms with Gasteiger partial charge in [-0.3, -0.25) is 4.79 Å². The van der Waals surface area contributed by atoms with Gasteiger partial charge in [-0.25, -0.2) is 4.39 Å². The Balaban J connectivity index is 1.23. The Kier molecular flexibility index (Phi) is 7.84. The minimum absolute atomic E-state index is 0.201. The molecule has 1 aliphatic carbocycles. The Morgan fingerprint density at radius 2 is 1.58 bits per heavy atom. The third-order valence-electron chi connectivity index (χ3n) is 8.01. The number of carbonyl (C=O) groups excluding carboxylic acids is 1. The Hall–Kier alpha value is -3.19. The van der Waals surface area contributed by atoms with Gasteiger partial charge in [-0.2, -0.15) is 13.2 Å². The van der Waals surface area contributed by atoms with Crippen LogP contribution in [0.4, 0.5) is 23.2 Å². The maximum atomic E-state index is 14.2. The van der Waals surface area contributed by atoms with Crippen LogP contribution in [0.5, 0.6) is 0 Å². The molecule has 1 heterocycles. The number of carbonyl (C=O) groups is 1. The lowest BCUT2D eigenvalue weighted by atomic mass is 9.77. The lowest BCUT2D eigenvalue weighted by Gasteiger charge is -2.29. The number of anilines is 1. The van der Waals surface area contributed by atoms with Crippen molar-refractivity contribution in [3.8, 4) is 11.1 Å². The fourth-order valence-electron chi connectivity index (χ4n) is 5.83. The molecule has 38 heavy (non-hydrogen) atoms. The molecule has 0 radical (unpaired) electrons. The zero-order valence-electron chi connectivity index (χ0n) is 21.2. The summed E-state index contributed by atoms with van der Waals surface area (Å²) in [4.78, 5) is 12.9. The van der Waals surface area contributed by atoms with E-state index in [1.807, 2.05) is 0 Å². The molecule has 0 aromatic heterocycles. The van der Waals surface area contributed by atoms with Crippen LogP contribution in [0.3, 0.4) is 0 Å². The van der Waals surface area contributed by atoms with Gasteiger partial charge in [-0.05, 0) is 97.5 Å². The number of halogens is 4. The van der Waals surface area contributed by atoms with E-state index in [-0.39, 0.29) is 23.4 Å². The van der Waals surface area contributed by atoms with Crippen molar-refractivity contribution in [1.29, 1.82) is 0 Å². The number of nitrogens with one attached hydrogen (secondary N) is 2. The first-order valence-corrected chi connectivity index (χ1v) is 13.4. The van der Waals surface area contributed by atoms with Gasteiger partial charge < -0.3 is 10.6 Å². The highest BCUT2D eigenvalue weighted by Crippen LogP contribution is 2.38. The van der Waals surface area contributed by atoms with E-state index in [1.54, 1.807) is 0 Å². The lowest BCUT2D eigenvalue weighted by Crippen LogP contribution is -2.28. The van der Waals surface area contributed by atoms with Crippen molar-refractivity contribution in [3.63, 3.8) is 0 Å². The third-order valence-corrected chi connectivity index (χ3v) is 8.01. The van der Waals surface area contributed by atoms with Crippen LogP contribution < -0.4 is 10.6 Å². The van der Waals surface area contributed by atoms with Crippen LogP contribution in [0.1, 0.15) is 67.1 Å². The van der Waals surface area contributed by atoms with E-state index in [2.05, 4.69) is 59.2 Å². The zero-order chi connectivity index (χ0) is 26.7. The topological polar surface area (TPSA) is 41.1 Å². The van der Waals surface area contributed by atoms with Crippen LogP contribution in [-0.2, 0) is 11.0 Å². The summed E-state index contributed by atoms with van der Waals surface area (Å²) in [6.45, 7) is 2.12. The molecule has 200 valence electrons. The summed E-state index contributed by atoms with van der Waals surface area (Å²) in [6, 6.07) is 19.5. The molecular weight excluding hydrogens is 492 g/mol. The van der Waals surface area contributed by atoms with E-state index in [4.69, 9.17) is 0 Å². The Labute approximate surface area is 220 Å². The first kappa shape index (κ1) is 26.4. The molecule has 1 saturated carbocycles. The summed E-state index contributed by atoms with van der Waals surface area (Å²) in [7, 11) is 0. The quantitative estimate of drug-likeness (QED) is 0.333. The Morgan fingerprint density at radius 1 is 0.816 bits per heavy atom. The van der Waals surface area contributed by atoms with Crippen LogP contribution in [0.25, 0.3) is 11.1 Å². The molecule has 3 aromatic rings. The van der Waals surface area contributed by atoms with Crippen molar-refractivity contribution < 1.29 is 22.4 Å². The molecule has 2 aliphatic rings. The summed E-state index contributed by atoms with van der Waals surface area (Å²) in [5, 5.41) is 5.93. The van der Waals surface area contributed by atoms with Crippen LogP contribution in [-0.4, -0.2) is 19.0 Å². The second kappa shape index (κ2) is 11.3. The standard InChI is InChI=1S/C31H32F4N2O/c32-28-19-27(31(33,34)35)11-12-29(28)37-30(38)26-6-2-5-25(18-26)21-9-7-20(8-10-21)23-3-1-4-24(17-23)22-13-15-36-16-14-22/h1,3-4,7-12,17,19,22,25-26,36H,2,5-6,13-16,18H2,(H,37,38). The molecule has 0 bridgehead atoms. The fourth-order valence-corrected chi connectivity index (χ4v) is 5.83. The van der Waals surface area contributed by atoms with Gasteiger partial charge in [0.25, 0.3) is 0 Å². The average Bonchev–Trinajstić information content (AvgIpc) is 2.94. The average molecular weight is 525 g/mol. The van der Waals surface area contributed by atoms with Crippen molar-refractivity contribution in [2.45, 2.75) is 56.5 Å². The third kappa shape index (κ3) is 6.09. The number of rotatable bonds is 5. The fraction of sp³-hybridized carbons (Fsp3) is 0.387. The summed E-state index contributed by atoms with van der Waals surface area (Å²) in [5.41, 5.74) is 3.62. The monoisotopic (exact) mass is 524 g/mol. The molecule has 2 fully saturated rings. The number of benzene rings is 3. The molecule has 2 atom stereocenters. The summed E-state index contributed by atoms with van der Waals surface area (Å²) >= 11 is 0. The van der Waals surface area contributed by atoms with Gasteiger partial charge in [0.05, 0.1) is 11.3 Å². The Bertz CT molecular complexity index is 1270. The highest BCUT2D eigenvalue weighted by molar-refractivity contribution is 5.92. The minimum atomic E-state index is -4.63. The number of piperidine rings is 1. The molecule has 0 spiro atoms. The van der Waals surface area contributed by atoms with Gasteiger partial charge in [0.1, 0.15) is 5.82 Å². The van der Waals surface area contributed by atoms with E-state index < -0.39 is 17.6 Å². The molecule has 5 rings (SSSR count). The molecule has 7 heteroatoms. The van der Waals surface area contributed by atoms with E-state index in [9.17, 15) is 22.4 Å². The number of hydrogen-bond donors (Lipinski definition) is 2. The Morgan fingerprint density at radius 3 is 2.29 bits per heavy atom. The normalized spacial score (nSPS) is 20.7. The summed E-state index contributed by atoms with van der Waals surface area (Å²) < 4.78 is 52.7. The van der Waals surface area contributed by atoms with Gasteiger partial charge in [-0.1, -0.05) is 55.0 Å². The van der Waals surface area contributed by atoms with Crippen LogP contribution >= 0.6 is 0 Å². The highest BCUT2D eigenvalue weighted by Gasteiger charge is 2.32. The van der Waals surface area contributed by atoms with Gasteiger partial charge >= 0.3 is 6.18 Å². The zero-order valence-corrected chi connectivity index (χ0v) is 21.2. The maximum Gasteiger partial charge on any atom is 0.416 e. The largest absolute Gasteiger partial charge is 0.416 e. The highest BCUT2D eigenvalue weighted by atomic mass is 19.4. The molecule has 2 unspecified atom stereocenters. The van der Waals surface area contributed by atoms with Crippen LogP contribution in [0.15, 0.2) is 66.7 Å². The van der Waals surface area contributed by atoms with E-state index in [0.717, 1.165) is 56.5 Å². The van der Waals surface area contributed by atoms with Crippen molar-refractivity contribution in [3.05, 3.63) is 89.2 Å². The van der Waals surface area contributed by atoms with Gasteiger partial charge in [0.15, 0.2) is 0 Å². The van der Waals surface area contributed by atoms with Crippen molar-refractivity contribution >= 4 is 11.6 Å². The van der Waals surface area contributed by atoms with Crippen LogP contribution in [0.2, 0.25) is 0 Å². The first-order valence-electron chi connectivity index (χ1n) is 13.4. The van der Waals surface area contributed by atoms with Gasteiger partial charge in [0, 0.05) is 5.92 Å². The van der Waals surface area contributed by atoms with Crippen molar-refractivity contribution in [1.82, 2.24) is 5.32 Å². The SMILES string of the molecule is O=C(Nc1ccc(C(F)(F)F)cc1F)C1CCCC(c2ccc(-c3cccc(C4CCNCC4)c3)cc2)C1. The van der Waals surface area contributed by atoms with Crippen molar-refractivity contribution in [2.24, 2.45) is 5.92 Å². The van der Waals surface area contributed by atoms with E-state index >= 15 is 0 Å². The van der Waals surface area contributed by atoms with Crippen LogP contribution in [0, 0.1) is 11.7 Å². The molecule has 3 nitrogen and oxygen atoms in total. The second-order valence-corrected chi connectivity index (χ2v) is 10.5. The number of hydrogen-bond acceptors (Lipinski definition) is 2. The molecule has 2 N–H and O–H groups in total. The minimum Gasteiger partial charge on any atom is -0.323 e. The summed E-state index contributed by atoms with van der Waals surface area (Å²) in [6.07, 6.45) is 0.798.